The van der Waals surface area contributed by atoms with Crippen molar-refractivity contribution in [2.24, 2.45) is 0 Å². The van der Waals surface area contributed by atoms with Crippen LogP contribution >= 0.6 is 0 Å². The van der Waals surface area contributed by atoms with Gasteiger partial charge in [0, 0.05) is 32.4 Å². The summed E-state index contributed by atoms with van der Waals surface area (Å²) < 4.78 is 0. The Hall–Kier alpha value is -3.43. The number of anilines is 1. The van der Waals surface area contributed by atoms with Gasteiger partial charge in [-0.15, -0.1) is 0 Å². The van der Waals surface area contributed by atoms with Crippen molar-refractivity contribution in [1.82, 2.24) is 15.2 Å². The Balaban J connectivity index is 1.31. The number of fused-ring (bicyclic) bond motifs is 1. The SMILES string of the molecule is CC(NC(=O)CN1CCN(c2ncccc2C#N)CC1)c1ccc2ccccc2c1. The first-order valence-corrected chi connectivity index (χ1v) is 10.2. The van der Waals surface area contributed by atoms with Gasteiger partial charge in [0.15, 0.2) is 0 Å². The highest BCUT2D eigenvalue weighted by Crippen LogP contribution is 2.21. The van der Waals surface area contributed by atoms with E-state index in [1.165, 1.54) is 10.8 Å². The molecule has 3 aromatic rings. The van der Waals surface area contributed by atoms with Crippen molar-refractivity contribution >= 4 is 22.5 Å². The Labute approximate surface area is 176 Å². The highest BCUT2D eigenvalue weighted by molar-refractivity contribution is 5.83. The third kappa shape index (κ3) is 4.42. The molecule has 1 aromatic heterocycles. The molecule has 1 atom stereocenters. The highest BCUT2D eigenvalue weighted by Gasteiger charge is 2.22. The van der Waals surface area contributed by atoms with Crippen LogP contribution in [0.15, 0.2) is 60.8 Å². The number of rotatable bonds is 5. The number of benzene rings is 2. The zero-order valence-corrected chi connectivity index (χ0v) is 17.1. The van der Waals surface area contributed by atoms with Crippen LogP contribution in [-0.2, 0) is 4.79 Å². The van der Waals surface area contributed by atoms with Crippen LogP contribution in [0.4, 0.5) is 5.82 Å². The van der Waals surface area contributed by atoms with Crippen LogP contribution in [0.1, 0.15) is 24.1 Å². The Kier molecular flexibility index (Phi) is 5.92. The zero-order chi connectivity index (χ0) is 20.9. The van der Waals surface area contributed by atoms with E-state index in [4.69, 9.17) is 0 Å². The first-order chi connectivity index (χ1) is 14.6. The quantitative estimate of drug-likeness (QED) is 0.714. The van der Waals surface area contributed by atoms with Gasteiger partial charge in [-0.1, -0.05) is 36.4 Å². The van der Waals surface area contributed by atoms with Crippen LogP contribution in [0.5, 0.6) is 0 Å². The molecule has 1 amide bonds. The van der Waals surface area contributed by atoms with Gasteiger partial charge < -0.3 is 10.2 Å². The van der Waals surface area contributed by atoms with Crippen LogP contribution in [0, 0.1) is 11.3 Å². The standard InChI is InChI=1S/C24H25N5O/c1-18(20-9-8-19-5-2-3-6-21(19)15-20)27-23(30)17-28-11-13-29(14-12-28)24-22(16-25)7-4-10-26-24/h2-10,15,18H,11-14,17H2,1H3,(H,27,30). The number of hydrogen-bond acceptors (Lipinski definition) is 5. The van der Waals surface area contributed by atoms with E-state index in [2.05, 4.69) is 56.5 Å². The molecule has 1 aliphatic rings. The summed E-state index contributed by atoms with van der Waals surface area (Å²) in [5.74, 6) is 0.758. The number of carbonyl (C=O) groups excluding carboxylic acids is 1. The minimum atomic E-state index is -0.0462. The average molecular weight is 399 g/mol. The number of nitrogens with one attached hydrogen (secondary N) is 1. The van der Waals surface area contributed by atoms with E-state index in [-0.39, 0.29) is 11.9 Å². The maximum absolute atomic E-state index is 12.6. The highest BCUT2D eigenvalue weighted by atomic mass is 16.2. The summed E-state index contributed by atoms with van der Waals surface area (Å²) in [6.45, 7) is 5.42. The molecule has 4 rings (SSSR count). The van der Waals surface area contributed by atoms with Gasteiger partial charge >= 0.3 is 0 Å². The average Bonchev–Trinajstić information content (AvgIpc) is 2.79. The summed E-state index contributed by atoms with van der Waals surface area (Å²) in [5, 5.41) is 14.8. The second-order valence-electron chi connectivity index (χ2n) is 7.65. The van der Waals surface area contributed by atoms with Gasteiger partial charge in [-0.25, -0.2) is 4.98 Å². The second-order valence-corrected chi connectivity index (χ2v) is 7.65. The largest absolute Gasteiger partial charge is 0.353 e. The summed E-state index contributed by atoms with van der Waals surface area (Å²) in [4.78, 5) is 21.2. The first kappa shape index (κ1) is 19.9. The Morgan fingerprint density at radius 2 is 1.87 bits per heavy atom. The molecule has 0 spiro atoms. The molecule has 0 radical (unpaired) electrons. The van der Waals surface area contributed by atoms with Gasteiger partial charge in [0.2, 0.25) is 5.91 Å². The fourth-order valence-corrected chi connectivity index (χ4v) is 3.90. The van der Waals surface area contributed by atoms with E-state index < -0.39 is 0 Å². The number of aromatic nitrogens is 1. The van der Waals surface area contributed by atoms with Gasteiger partial charge in [-0.3, -0.25) is 9.69 Å². The smallest absolute Gasteiger partial charge is 0.234 e. The topological polar surface area (TPSA) is 72.3 Å². The number of carbonyl (C=O) groups is 1. The van der Waals surface area contributed by atoms with E-state index in [9.17, 15) is 10.1 Å². The van der Waals surface area contributed by atoms with E-state index >= 15 is 0 Å². The normalized spacial score (nSPS) is 15.5. The minimum absolute atomic E-state index is 0.0275. The van der Waals surface area contributed by atoms with Gasteiger partial charge in [0.05, 0.1) is 18.2 Å². The molecular formula is C24H25N5O. The van der Waals surface area contributed by atoms with E-state index in [0.717, 1.165) is 37.6 Å². The van der Waals surface area contributed by atoms with Crippen molar-refractivity contribution in [3.8, 4) is 6.07 Å². The Bertz CT molecular complexity index is 1080. The lowest BCUT2D eigenvalue weighted by atomic mass is 10.0. The lowest BCUT2D eigenvalue weighted by Gasteiger charge is -2.35. The molecule has 0 saturated carbocycles. The van der Waals surface area contributed by atoms with Crippen molar-refractivity contribution < 1.29 is 4.79 Å². The van der Waals surface area contributed by atoms with E-state index in [1.807, 2.05) is 19.1 Å². The van der Waals surface area contributed by atoms with Crippen LogP contribution in [-0.4, -0.2) is 48.5 Å². The minimum Gasteiger partial charge on any atom is -0.353 e. The number of amides is 1. The molecule has 1 N–H and O–H groups in total. The van der Waals surface area contributed by atoms with Gasteiger partial charge in [-0.2, -0.15) is 5.26 Å². The van der Waals surface area contributed by atoms with Crippen LogP contribution < -0.4 is 10.2 Å². The molecular weight excluding hydrogens is 374 g/mol. The van der Waals surface area contributed by atoms with Crippen LogP contribution in [0.3, 0.4) is 0 Å². The fourth-order valence-electron chi connectivity index (χ4n) is 3.90. The lowest BCUT2D eigenvalue weighted by Crippen LogP contribution is -2.50. The van der Waals surface area contributed by atoms with Crippen molar-refractivity contribution in [1.29, 1.82) is 5.26 Å². The summed E-state index contributed by atoms with van der Waals surface area (Å²) in [7, 11) is 0. The zero-order valence-electron chi connectivity index (χ0n) is 17.1. The lowest BCUT2D eigenvalue weighted by molar-refractivity contribution is -0.123. The molecule has 1 saturated heterocycles. The summed E-state index contributed by atoms with van der Waals surface area (Å²) in [6.07, 6.45) is 1.71. The molecule has 0 aliphatic carbocycles. The maximum Gasteiger partial charge on any atom is 0.234 e. The number of pyridine rings is 1. The third-order valence-corrected chi connectivity index (χ3v) is 5.60. The number of hydrogen-bond donors (Lipinski definition) is 1. The molecule has 0 bridgehead atoms. The van der Waals surface area contributed by atoms with Gasteiger partial charge in [0.25, 0.3) is 0 Å². The van der Waals surface area contributed by atoms with Crippen molar-refractivity contribution in [2.75, 3.05) is 37.6 Å². The fraction of sp³-hybridized carbons (Fsp3) is 0.292. The van der Waals surface area contributed by atoms with Crippen molar-refractivity contribution in [3.63, 3.8) is 0 Å². The maximum atomic E-state index is 12.6. The summed E-state index contributed by atoms with van der Waals surface area (Å²) in [5.41, 5.74) is 1.69. The summed E-state index contributed by atoms with van der Waals surface area (Å²) in [6, 6.07) is 20.3. The van der Waals surface area contributed by atoms with Gasteiger partial charge in [0.1, 0.15) is 11.9 Å². The van der Waals surface area contributed by atoms with E-state index in [1.54, 1.807) is 18.3 Å². The van der Waals surface area contributed by atoms with Gasteiger partial charge in [-0.05, 0) is 41.5 Å². The molecule has 2 aromatic carbocycles. The van der Waals surface area contributed by atoms with E-state index in [0.29, 0.717) is 12.1 Å². The second kappa shape index (κ2) is 8.93. The first-order valence-electron chi connectivity index (χ1n) is 10.2. The van der Waals surface area contributed by atoms with Crippen molar-refractivity contribution in [2.45, 2.75) is 13.0 Å². The number of nitrogens with zero attached hydrogens (tertiary/aromatic N) is 4. The van der Waals surface area contributed by atoms with Crippen LogP contribution in [0.2, 0.25) is 0 Å². The molecule has 1 aliphatic heterocycles. The number of piperazine rings is 1. The monoisotopic (exact) mass is 399 g/mol. The Morgan fingerprint density at radius 1 is 1.10 bits per heavy atom. The molecule has 6 heteroatoms. The summed E-state index contributed by atoms with van der Waals surface area (Å²) >= 11 is 0. The predicted octanol–water partition coefficient (Wildman–Crippen LogP) is 3.11. The molecule has 1 fully saturated rings. The molecule has 30 heavy (non-hydrogen) atoms. The Morgan fingerprint density at radius 3 is 2.63 bits per heavy atom. The third-order valence-electron chi connectivity index (χ3n) is 5.60. The molecule has 6 nitrogen and oxygen atoms in total. The van der Waals surface area contributed by atoms with Crippen LogP contribution in [0.25, 0.3) is 10.8 Å². The predicted molar refractivity (Wildman–Crippen MR) is 118 cm³/mol. The number of nitriles is 1. The molecule has 2 heterocycles. The molecule has 1 unspecified atom stereocenters. The molecule has 152 valence electrons. The van der Waals surface area contributed by atoms with Crippen molar-refractivity contribution in [3.05, 3.63) is 71.9 Å².